The Bertz CT molecular complexity index is 658. The van der Waals surface area contributed by atoms with E-state index in [1.165, 1.54) is 0 Å². The second-order valence-electron chi connectivity index (χ2n) is 4.45. The van der Waals surface area contributed by atoms with Crippen molar-refractivity contribution in [3.8, 4) is 11.6 Å². The molecule has 5 heteroatoms. The molecular formula is C15H14N2O2S. The molecule has 0 atom stereocenters. The molecule has 1 aliphatic rings. The highest BCUT2D eigenvalue weighted by molar-refractivity contribution is 7.98. The Morgan fingerprint density at radius 3 is 2.95 bits per heavy atom. The molecule has 0 bridgehead atoms. The molecular weight excluding hydrogens is 272 g/mol. The Balaban J connectivity index is 1.98. The molecule has 0 spiro atoms. The zero-order valence-corrected chi connectivity index (χ0v) is 11.9. The number of anilines is 1. The van der Waals surface area contributed by atoms with E-state index in [0.29, 0.717) is 22.9 Å². The lowest BCUT2D eigenvalue weighted by Gasteiger charge is -2.08. The van der Waals surface area contributed by atoms with Crippen molar-refractivity contribution >= 4 is 23.4 Å². The average molecular weight is 286 g/mol. The summed E-state index contributed by atoms with van der Waals surface area (Å²) in [7, 11) is 0. The molecule has 1 aromatic heterocycles. The third kappa shape index (κ3) is 2.49. The van der Waals surface area contributed by atoms with Gasteiger partial charge in [0.1, 0.15) is 11.4 Å². The summed E-state index contributed by atoms with van der Waals surface area (Å²) in [5, 5.41) is 2.83. The fraction of sp³-hybridized carbons (Fsp3) is 0.200. The quantitative estimate of drug-likeness (QED) is 0.940. The number of amides is 1. The monoisotopic (exact) mass is 286 g/mol. The lowest BCUT2D eigenvalue weighted by Crippen LogP contribution is -2.10. The maximum absolute atomic E-state index is 12.1. The summed E-state index contributed by atoms with van der Waals surface area (Å²) >= 11 is 1.78. The molecule has 0 saturated heterocycles. The molecule has 2 aromatic rings. The number of aryl methyl sites for hydroxylation is 1. The van der Waals surface area contributed by atoms with E-state index in [-0.39, 0.29) is 5.91 Å². The topological polar surface area (TPSA) is 51.2 Å². The van der Waals surface area contributed by atoms with Crippen molar-refractivity contribution in [1.82, 2.24) is 4.98 Å². The van der Waals surface area contributed by atoms with Crippen molar-refractivity contribution in [3.63, 3.8) is 0 Å². The average Bonchev–Trinajstić information content (AvgIpc) is 2.61. The normalized spacial score (nSPS) is 12.8. The second kappa shape index (κ2) is 5.54. The van der Waals surface area contributed by atoms with E-state index in [2.05, 4.69) is 16.6 Å². The van der Waals surface area contributed by atoms with Gasteiger partial charge in [-0.15, -0.1) is 0 Å². The van der Waals surface area contributed by atoms with Gasteiger partial charge in [-0.25, -0.2) is 4.98 Å². The highest BCUT2D eigenvalue weighted by Gasteiger charge is 2.21. The van der Waals surface area contributed by atoms with Crippen molar-refractivity contribution in [2.75, 3.05) is 17.3 Å². The Hall–Kier alpha value is -2.01. The molecule has 0 fully saturated rings. The van der Waals surface area contributed by atoms with E-state index >= 15 is 0 Å². The standard InChI is InChI=1S/C15H14N2O2S/c1-20-9-8-10-6-7-12-15(16-10)19-13-5-3-2-4-11(13)14(18)17-12/h2-7H,8-9H2,1H3,(H,17,18). The molecule has 3 rings (SSSR count). The molecule has 1 amide bonds. The summed E-state index contributed by atoms with van der Waals surface area (Å²) in [6.45, 7) is 0. The molecule has 1 aromatic carbocycles. The van der Waals surface area contributed by atoms with Crippen LogP contribution in [0.5, 0.6) is 11.6 Å². The van der Waals surface area contributed by atoms with Crippen LogP contribution in [0.25, 0.3) is 0 Å². The van der Waals surface area contributed by atoms with Crippen LogP contribution in [0.4, 0.5) is 5.69 Å². The molecule has 0 aliphatic carbocycles. The van der Waals surface area contributed by atoms with Crippen molar-refractivity contribution in [2.45, 2.75) is 6.42 Å². The number of hydrogen-bond donors (Lipinski definition) is 1. The maximum Gasteiger partial charge on any atom is 0.259 e. The van der Waals surface area contributed by atoms with Gasteiger partial charge in [0.25, 0.3) is 5.91 Å². The number of aromatic nitrogens is 1. The SMILES string of the molecule is CSCCc1ccc2c(n1)Oc1ccccc1C(=O)N2. The number of benzene rings is 1. The molecule has 1 N–H and O–H groups in total. The molecule has 20 heavy (non-hydrogen) atoms. The lowest BCUT2D eigenvalue weighted by molar-refractivity contribution is 0.102. The zero-order chi connectivity index (χ0) is 13.9. The first-order chi connectivity index (χ1) is 9.78. The highest BCUT2D eigenvalue weighted by Crippen LogP contribution is 2.34. The molecule has 0 radical (unpaired) electrons. The predicted octanol–water partition coefficient (Wildman–Crippen LogP) is 3.35. The number of fused-ring (bicyclic) bond motifs is 2. The third-order valence-electron chi connectivity index (χ3n) is 3.07. The van der Waals surface area contributed by atoms with Crippen molar-refractivity contribution in [2.24, 2.45) is 0 Å². The van der Waals surface area contributed by atoms with Crippen LogP contribution in [0.15, 0.2) is 36.4 Å². The van der Waals surface area contributed by atoms with Crippen LogP contribution in [-0.4, -0.2) is 22.9 Å². The van der Waals surface area contributed by atoms with Crippen LogP contribution < -0.4 is 10.1 Å². The first kappa shape index (κ1) is 13.0. The lowest BCUT2D eigenvalue weighted by atomic mass is 10.2. The number of thioether (sulfide) groups is 1. The highest BCUT2D eigenvalue weighted by atomic mass is 32.2. The summed E-state index contributed by atoms with van der Waals surface area (Å²) in [4.78, 5) is 16.6. The van der Waals surface area contributed by atoms with Gasteiger partial charge in [0.2, 0.25) is 5.88 Å². The first-order valence-corrected chi connectivity index (χ1v) is 7.74. The van der Waals surface area contributed by atoms with E-state index in [0.717, 1.165) is 17.9 Å². The van der Waals surface area contributed by atoms with Gasteiger partial charge in [0.05, 0.1) is 5.56 Å². The molecule has 1 aliphatic heterocycles. The molecule has 4 nitrogen and oxygen atoms in total. The van der Waals surface area contributed by atoms with Crippen molar-refractivity contribution in [3.05, 3.63) is 47.7 Å². The van der Waals surface area contributed by atoms with Crippen molar-refractivity contribution in [1.29, 1.82) is 0 Å². The maximum atomic E-state index is 12.1. The number of pyridine rings is 1. The summed E-state index contributed by atoms with van der Waals surface area (Å²) in [5.41, 5.74) is 2.10. The number of rotatable bonds is 3. The van der Waals surface area contributed by atoms with E-state index < -0.39 is 0 Å². The minimum Gasteiger partial charge on any atom is -0.436 e. The number of ether oxygens (including phenoxy) is 1. The third-order valence-corrected chi connectivity index (χ3v) is 3.68. The Kier molecular flexibility index (Phi) is 3.60. The second-order valence-corrected chi connectivity index (χ2v) is 5.44. The molecule has 0 saturated carbocycles. The van der Waals surface area contributed by atoms with Gasteiger partial charge in [-0.1, -0.05) is 12.1 Å². The largest absolute Gasteiger partial charge is 0.436 e. The summed E-state index contributed by atoms with van der Waals surface area (Å²) < 4.78 is 5.79. The number of nitrogens with zero attached hydrogens (tertiary/aromatic N) is 1. The number of para-hydroxylation sites is 1. The Morgan fingerprint density at radius 2 is 2.10 bits per heavy atom. The fourth-order valence-electron chi connectivity index (χ4n) is 2.03. The van der Waals surface area contributed by atoms with E-state index in [9.17, 15) is 4.79 Å². The number of nitrogens with one attached hydrogen (secondary N) is 1. The van der Waals surface area contributed by atoms with Gasteiger partial charge in [-0.2, -0.15) is 11.8 Å². The van der Waals surface area contributed by atoms with Gasteiger partial charge in [0, 0.05) is 5.69 Å². The number of carbonyl (C=O) groups is 1. The minimum atomic E-state index is -0.169. The number of carbonyl (C=O) groups excluding carboxylic acids is 1. The van der Waals surface area contributed by atoms with Crippen LogP contribution >= 0.6 is 11.8 Å². The summed E-state index contributed by atoms with van der Waals surface area (Å²) in [5.74, 6) is 1.84. The van der Waals surface area contributed by atoms with E-state index in [4.69, 9.17) is 4.74 Å². The van der Waals surface area contributed by atoms with Crippen LogP contribution in [0.2, 0.25) is 0 Å². The Labute approximate surface area is 121 Å². The van der Waals surface area contributed by atoms with E-state index in [1.54, 1.807) is 23.9 Å². The van der Waals surface area contributed by atoms with Crippen molar-refractivity contribution < 1.29 is 9.53 Å². The molecule has 102 valence electrons. The van der Waals surface area contributed by atoms with Crippen LogP contribution in [0, 0.1) is 0 Å². The summed E-state index contributed by atoms with van der Waals surface area (Å²) in [6.07, 6.45) is 2.95. The van der Waals surface area contributed by atoms with Gasteiger partial charge in [-0.05, 0) is 42.7 Å². The number of hydrogen-bond acceptors (Lipinski definition) is 4. The zero-order valence-electron chi connectivity index (χ0n) is 11.1. The predicted molar refractivity (Wildman–Crippen MR) is 80.8 cm³/mol. The first-order valence-electron chi connectivity index (χ1n) is 6.35. The summed E-state index contributed by atoms with van der Waals surface area (Å²) in [6, 6.07) is 11.0. The molecule has 2 heterocycles. The van der Waals surface area contributed by atoms with Crippen LogP contribution in [0.3, 0.4) is 0 Å². The Morgan fingerprint density at radius 1 is 1.25 bits per heavy atom. The smallest absolute Gasteiger partial charge is 0.259 e. The van der Waals surface area contributed by atoms with Crippen LogP contribution in [0.1, 0.15) is 16.1 Å². The van der Waals surface area contributed by atoms with Gasteiger partial charge in [-0.3, -0.25) is 4.79 Å². The van der Waals surface area contributed by atoms with Crippen LogP contribution in [-0.2, 0) is 6.42 Å². The van der Waals surface area contributed by atoms with Gasteiger partial charge >= 0.3 is 0 Å². The minimum absolute atomic E-state index is 0.169. The van der Waals surface area contributed by atoms with E-state index in [1.807, 2.05) is 24.3 Å². The van der Waals surface area contributed by atoms with Gasteiger partial charge in [0.15, 0.2) is 0 Å². The van der Waals surface area contributed by atoms with Gasteiger partial charge < -0.3 is 10.1 Å². The molecule has 0 unspecified atom stereocenters. The fourth-order valence-corrected chi connectivity index (χ4v) is 2.45.